The molecule has 0 bridgehead atoms. The topological polar surface area (TPSA) is 33.1 Å². The molecule has 2 fully saturated rings. The third-order valence-electron chi connectivity index (χ3n) is 6.60. The highest BCUT2D eigenvalue weighted by atomic mass is 79.9. The summed E-state index contributed by atoms with van der Waals surface area (Å²) in [6, 6.07) is 17.6. The summed E-state index contributed by atoms with van der Waals surface area (Å²) in [5.41, 5.74) is 4.62. The van der Waals surface area contributed by atoms with Crippen LogP contribution in [0.1, 0.15) is 67.2 Å². The van der Waals surface area contributed by atoms with Gasteiger partial charge < -0.3 is 14.8 Å². The number of benzene rings is 1. The van der Waals surface area contributed by atoms with E-state index in [4.69, 9.17) is 17.2 Å². The molecule has 3 heterocycles. The lowest BCUT2D eigenvalue weighted by molar-refractivity contribution is 0.340. The average Bonchev–Trinajstić information content (AvgIpc) is 3.41. The minimum absolute atomic E-state index is 0.00473. The zero-order chi connectivity index (χ0) is 21.4. The number of aryl methyl sites for hydroxylation is 1. The van der Waals surface area contributed by atoms with Gasteiger partial charge in [-0.3, -0.25) is 4.98 Å². The van der Waals surface area contributed by atoms with Gasteiger partial charge in [-0.05, 0) is 80.0 Å². The first-order valence-electron chi connectivity index (χ1n) is 11.1. The quantitative estimate of drug-likeness (QED) is 0.412. The van der Waals surface area contributed by atoms with Crippen LogP contribution in [0, 0.1) is 6.92 Å². The molecule has 0 spiro atoms. The summed E-state index contributed by atoms with van der Waals surface area (Å²) in [4.78, 5) is 6.97. The SMILES string of the molecule is Cc1cc(N2C(=S)N[C@@H](c3ccccn3)[C@H]2c2cccn2C2CCCCC2)ccc1Br. The van der Waals surface area contributed by atoms with Crippen molar-refractivity contribution in [2.24, 2.45) is 0 Å². The van der Waals surface area contributed by atoms with Gasteiger partial charge in [-0.25, -0.2) is 0 Å². The van der Waals surface area contributed by atoms with Crippen LogP contribution in [-0.2, 0) is 0 Å². The molecule has 1 saturated heterocycles. The van der Waals surface area contributed by atoms with E-state index < -0.39 is 0 Å². The van der Waals surface area contributed by atoms with Crippen molar-refractivity contribution in [1.82, 2.24) is 14.9 Å². The van der Waals surface area contributed by atoms with Crippen LogP contribution in [0.5, 0.6) is 0 Å². The van der Waals surface area contributed by atoms with Crippen LogP contribution >= 0.6 is 28.1 Å². The molecular formula is C25H27BrN4S. The first-order valence-corrected chi connectivity index (χ1v) is 12.3. The van der Waals surface area contributed by atoms with Crippen LogP contribution in [0.15, 0.2) is 65.4 Å². The number of nitrogens with one attached hydrogen (secondary N) is 1. The number of hydrogen-bond acceptors (Lipinski definition) is 2. The van der Waals surface area contributed by atoms with Gasteiger partial charge in [0.2, 0.25) is 0 Å². The second-order valence-corrected chi connectivity index (χ2v) is 9.80. The third kappa shape index (κ3) is 3.92. The maximum Gasteiger partial charge on any atom is 0.174 e. The number of anilines is 1. The van der Waals surface area contributed by atoms with Crippen LogP contribution in [0.3, 0.4) is 0 Å². The molecule has 2 atom stereocenters. The van der Waals surface area contributed by atoms with Crippen molar-refractivity contribution in [3.8, 4) is 0 Å². The normalized spacial score (nSPS) is 22.0. The highest BCUT2D eigenvalue weighted by molar-refractivity contribution is 9.10. The molecule has 0 unspecified atom stereocenters. The molecule has 3 aromatic rings. The van der Waals surface area contributed by atoms with Crippen LogP contribution < -0.4 is 10.2 Å². The van der Waals surface area contributed by atoms with E-state index in [-0.39, 0.29) is 12.1 Å². The van der Waals surface area contributed by atoms with Gasteiger partial charge in [-0.2, -0.15) is 0 Å². The summed E-state index contributed by atoms with van der Waals surface area (Å²) >= 11 is 9.53. The molecular weight excluding hydrogens is 468 g/mol. The van der Waals surface area contributed by atoms with Gasteiger partial charge in [-0.1, -0.05) is 41.3 Å². The molecule has 1 aliphatic heterocycles. The Kier molecular flexibility index (Phi) is 5.85. The minimum atomic E-state index is -0.00473. The Morgan fingerprint density at radius 1 is 1.06 bits per heavy atom. The minimum Gasteiger partial charge on any atom is -0.351 e. The molecule has 160 valence electrons. The highest BCUT2D eigenvalue weighted by Crippen LogP contribution is 2.44. The van der Waals surface area contributed by atoms with Crippen molar-refractivity contribution in [1.29, 1.82) is 0 Å². The van der Waals surface area contributed by atoms with Crippen LogP contribution in [0.4, 0.5) is 5.69 Å². The number of nitrogens with zero attached hydrogens (tertiary/aromatic N) is 3. The third-order valence-corrected chi connectivity index (χ3v) is 7.81. The number of aromatic nitrogens is 2. The molecule has 0 amide bonds. The monoisotopic (exact) mass is 494 g/mol. The Morgan fingerprint density at radius 3 is 2.65 bits per heavy atom. The summed E-state index contributed by atoms with van der Waals surface area (Å²) in [7, 11) is 0. The van der Waals surface area contributed by atoms with E-state index in [1.54, 1.807) is 0 Å². The molecule has 1 saturated carbocycles. The Balaban J connectivity index is 1.62. The van der Waals surface area contributed by atoms with E-state index in [1.165, 1.54) is 43.4 Å². The molecule has 6 heteroatoms. The Bertz CT molecular complexity index is 1070. The smallest absolute Gasteiger partial charge is 0.174 e. The molecule has 31 heavy (non-hydrogen) atoms. The molecule has 5 rings (SSSR count). The number of pyridine rings is 1. The van der Waals surface area contributed by atoms with E-state index in [0.29, 0.717) is 6.04 Å². The molecule has 2 aliphatic rings. The summed E-state index contributed by atoms with van der Waals surface area (Å²) in [6.07, 6.45) is 10.6. The van der Waals surface area contributed by atoms with Gasteiger partial charge in [0.05, 0.1) is 11.7 Å². The molecule has 0 radical (unpaired) electrons. The zero-order valence-corrected chi connectivity index (χ0v) is 20.1. The Hall–Kier alpha value is -2.18. The summed E-state index contributed by atoms with van der Waals surface area (Å²) in [5.74, 6) is 0. The number of hydrogen-bond donors (Lipinski definition) is 1. The maximum atomic E-state index is 5.89. The lowest BCUT2D eigenvalue weighted by Crippen LogP contribution is -2.31. The predicted octanol–water partition coefficient (Wildman–Crippen LogP) is 6.64. The fourth-order valence-corrected chi connectivity index (χ4v) is 5.65. The lowest BCUT2D eigenvalue weighted by Gasteiger charge is -2.32. The van der Waals surface area contributed by atoms with Crippen molar-refractivity contribution in [3.63, 3.8) is 0 Å². The molecule has 2 aromatic heterocycles. The fourth-order valence-electron chi connectivity index (χ4n) is 5.06. The van der Waals surface area contributed by atoms with E-state index in [0.717, 1.165) is 21.0 Å². The van der Waals surface area contributed by atoms with Gasteiger partial charge in [0.1, 0.15) is 6.04 Å². The summed E-state index contributed by atoms with van der Waals surface area (Å²) < 4.78 is 3.62. The average molecular weight is 495 g/mol. The van der Waals surface area contributed by atoms with Gasteiger partial charge in [0.15, 0.2) is 5.11 Å². The zero-order valence-electron chi connectivity index (χ0n) is 17.7. The van der Waals surface area contributed by atoms with E-state index in [1.807, 2.05) is 12.3 Å². The Morgan fingerprint density at radius 2 is 1.90 bits per heavy atom. The second kappa shape index (κ2) is 8.75. The molecule has 1 aromatic carbocycles. The fraction of sp³-hybridized carbons (Fsp3) is 0.360. The largest absolute Gasteiger partial charge is 0.351 e. The predicted molar refractivity (Wildman–Crippen MR) is 133 cm³/mol. The molecule has 1 aliphatic carbocycles. The van der Waals surface area contributed by atoms with Crippen molar-refractivity contribution in [2.75, 3.05) is 4.90 Å². The highest BCUT2D eigenvalue weighted by Gasteiger charge is 2.42. The lowest BCUT2D eigenvalue weighted by atomic mass is 9.94. The van der Waals surface area contributed by atoms with Crippen molar-refractivity contribution in [2.45, 2.75) is 57.2 Å². The molecule has 1 N–H and O–H groups in total. The standard InChI is InChI=1S/C25H27BrN4S/c1-17-16-19(12-13-20(17)26)30-24(23(28-25(30)31)21-10-5-6-14-27-21)22-11-7-15-29(22)18-8-3-2-4-9-18/h5-7,10-16,18,23-24H,2-4,8-9H2,1H3,(H,28,31)/t23-,24+/m0/s1. The van der Waals surface area contributed by atoms with Crippen molar-refractivity contribution in [3.05, 3.63) is 82.3 Å². The van der Waals surface area contributed by atoms with E-state index in [9.17, 15) is 0 Å². The maximum absolute atomic E-state index is 5.89. The van der Waals surface area contributed by atoms with Gasteiger partial charge >= 0.3 is 0 Å². The summed E-state index contributed by atoms with van der Waals surface area (Å²) in [6.45, 7) is 2.12. The number of thiocarbonyl (C=S) groups is 1. The van der Waals surface area contributed by atoms with E-state index in [2.05, 4.69) is 86.3 Å². The number of halogens is 1. The first kappa shape index (κ1) is 20.7. The molecule has 4 nitrogen and oxygen atoms in total. The van der Waals surface area contributed by atoms with Crippen molar-refractivity contribution < 1.29 is 0 Å². The van der Waals surface area contributed by atoms with Gasteiger partial charge in [0, 0.05) is 34.3 Å². The van der Waals surface area contributed by atoms with Crippen molar-refractivity contribution >= 4 is 38.9 Å². The Labute approximate surface area is 197 Å². The van der Waals surface area contributed by atoms with Crippen LogP contribution in [0.2, 0.25) is 0 Å². The first-order chi connectivity index (χ1) is 15.1. The second-order valence-electron chi connectivity index (χ2n) is 8.56. The van der Waals surface area contributed by atoms with E-state index >= 15 is 0 Å². The summed E-state index contributed by atoms with van der Waals surface area (Å²) in [5, 5.41) is 4.34. The van der Waals surface area contributed by atoms with Gasteiger partial charge in [-0.15, -0.1) is 0 Å². The van der Waals surface area contributed by atoms with Gasteiger partial charge in [0.25, 0.3) is 0 Å². The van der Waals surface area contributed by atoms with Crippen LogP contribution in [-0.4, -0.2) is 14.7 Å². The number of rotatable bonds is 4. The van der Waals surface area contributed by atoms with Crippen LogP contribution in [0.25, 0.3) is 0 Å².